The second-order valence-electron chi connectivity index (χ2n) is 3.42. The number of hydrogen-bond donors (Lipinski definition) is 1. The molecule has 0 radical (unpaired) electrons. The van der Waals surface area contributed by atoms with Crippen molar-refractivity contribution in [2.24, 2.45) is 0 Å². The van der Waals surface area contributed by atoms with Gasteiger partial charge in [-0.2, -0.15) is 0 Å². The zero-order chi connectivity index (χ0) is 8.55. The fourth-order valence-corrected chi connectivity index (χ4v) is 1.52. The molecular formula is C10H13NO. The van der Waals surface area contributed by atoms with Crippen LogP contribution in [0, 0.1) is 6.92 Å². The first-order chi connectivity index (χ1) is 5.83. The van der Waals surface area contributed by atoms with Crippen LogP contribution in [0.4, 0.5) is 0 Å². The summed E-state index contributed by atoms with van der Waals surface area (Å²) in [6, 6.07) is 1.96. The second kappa shape index (κ2) is 2.87. The topological polar surface area (TPSA) is 33.1 Å². The maximum Gasteiger partial charge on any atom is 0.0702 e. The molecule has 0 aliphatic heterocycles. The summed E-state index contributed by atoms with van der Waals surface area (Å²) in [5.41, 5.74) is 3.33. The van der Waals surface area contributed by atoms with Crippen molar-refractivity contribution >= 4 is 0 Å². The first-order valence-electron chi connectivity index (χ1n) is 4.38. The van der Waals surface area contributed by atoms with Crippen LogP contribution in [0.25, 0.3) is 0 Å². The summed E-state index contributed by atoms with van der Waals surface area (Å²) in [7, 11) is 0. The molecule has 0 bridgehead atoms. The first kappa shape index (κ1) is 7.74. The fourth-order valence-electron chi connectivity index (χ4n) is 1.52. The van der Waals surface area contributed by atoms with Crippen LogP contribution >= 0.6 is 0 Å². The zero-order valence-corrected chi connectivity index (χ0v) is 7.25. The van der Waals surface area contributed by atoms with Crippen LogP contribution in [0.15, 0.2) is 12.3 Å². The molecule has 1 fully saturated rings. The van der Waals surface area contributed by atoms with Gasteiger partial charge in [0.1, 0.15) is 0 Å². The maximum atomic E-state index is 9.14. The molecule has 1 N–H and O–H groups in total. The predicted molar refractivity (Wildman–Crippen MR) is 46.9 cm³/mol. The quantitative estimate of drug-likeness (QED) is 0.720. The van der Waals surface area contributed by atoms with E-state index in [-0.39, 0.29) is 6.61 Å². The van der Waals surface area contributed by atoms with Crippen LogP contribution in [-0.4, -0.2) is 10.1 Å². The van der Waals surface area contributed by atoms with Gasteiger partial charge < -0.3 is 5.11 Å². The van der Waals surface area contributed by atoms with Gasteiger partial charge in [-0.25, -0.2) is 0 Å². The van der Waals surface area contributed by atoms with E-state index >= 15 is 0 Å². The van der Waals surface area contributed by atoms with Gasteiger partial charge in [0, 0.05) is 23.4 Å². The third kappa shape index (κ3) is 1.23. The first-order valence-corrected chi connectivity index (χ1v) is 4.38. The van der Waals surface area contributed by atoms with Crippen molar-refractivity contribution in [3.63, 3.8) is 0 Å². The molecule has 0 atom stereocenters. The van der Waals surface area contributed by atoms with E-state index in [1.165, 1.54) is 12.8 Å². The van der Waals surface area contributed by atoms with Crippen molar-refractivity contribution in [1.29, 1.82) is 0 Å². The number of aliphatic hydroxyl groups is 1. The molecule has 2 heteroatoms. The standard InChI is InChI=1S/C10H13NO/c1-7-4-5-11-10(8-2-3-8)9(7)6-12/h4-5,8,12H,2-3,6H2,1H3. The zero-order valence-electron chi connectivity index (χ0n) is 7.25. The van der Waals surface area contributed by atoms with Crippen LogP contribution < -0.4 is 0 Å². The number of hydrogen-bond acceptors (Lipinski definition) is 2. The minimum Gasteiger partial charge on any atom is -0.392 e. The molecule has 0 amide bonds. The van der Waals surface area contributed by atoms with Crippen LogP contribution in [0.2, 0.25) is 0 Å². The highest BCUT2D eigenvalue weighted by atomic mass is 16.3. The average molecular weight is 163 g/mol. The van der Waals surface area contributed by atoms with Crippen molar-refractivity contribution in [2.75, 3.05) is 0 Å². The van der Waals surface area contributed by atoms with E-state index < -0.39 is 0 Å². The Morgan fingerprint density at radius 2 is 2.33 bits per heavy atom. The monoisotopic (exact) mass is 163 g/mol. The highest BCUT2D eigenvalue weighted by Gasteiger charge is 2.27. The van der Waals surface area contributed by atoms with Crippen LogP contribution in [0.3, 0.4) is 0 Å². The van der Waals surface area contributed by atoms with Gasteiger partial charge in [-0.05, 0) is 31.4 Å². The lowest BCUT2D eigenvalue weighted by atomic mass is 10.1. The smallest absolute Gasteiger partial charge is 0.0702 e. The van der Waals surface area contributed by atoms with Crippen molar-refractivity contribution in [1.82, 2.24) is 4.98 Å². The van der Waals surface area contributed by atoms with E-state index in [4.69, 9.17) is 5.11 Å². The molecule has 2 nitrogen and oxygen atoms in total. The van der Waals surface area contributed by atoms with Crippen molar-refractivity contribution < 1.29 is 5.11 Å². The minimum absolute atomic E-state index is 0.130. The molecule has 1 aromatic heterocycles. The van der Waals surface area contributed by atoms with Crippen LogP contribution in [0.1, 0.15) is 35.6 Å². The summed E-state index contributed by atoms with van der Waals surface area (Å²) in [5.74, 6) is 0.632. The molecule has 0 spiro atoms. The molecule has 0 saturated heterocycles. The van der Waals surface area contributed by atoms with Crippen LogP contribution in [-0.2, 0) is 6.61 Å². The molecule has 1 aliphatic rings. The summed E-state index contributed by atoms with van der Waals surface area (Å²) in [6.45, 7) is 2.16. The van der Waals surface area contributed by atoms with Crippen molar-refractivity contribution in [2.45, 2.75) is 32.3 Å². The van der Waals surface area contributed by atoms with Gasteiger partial charge in [-0.15, -0.1) is 0 Å². The number of aryl methyl sites for hydroxylation is 1. The largest absolute Gasteiger partial charge is 0.392 e. The number of aliphatic hydroxyl groups excluding tert-OH is 1. The van der Waals surface area contributed by atoms with E-state index in [9.17, 15) is 0 Å². The Balaban J connectivity index is 2.43. The molecule has 0 unspecified atom stereocenters. The third-order valence-corrected chi connectivity index (χ3v) is 2.45. The van der Waals surface area contributed by atoms with Gasteiger partial charge in [0.05, 0.1) is 6.61 Å². The third-order valence-electron chi connectivity index (χ3n) is 2.45. The number of pyridine rings is 1. The molecule has 0 aromatic carbocycles. The van der Waals surface area contributed by atoms with E-state index in [0.29, 0.717) is 5.92 Å². The SMILES string of the molecule is Cc1ccnc(C2CC2)c1CO. The summed E-state index contributed by atoms with van der Waals surface area (Å²) < 4.78 is 0. The van der Waals surface area contributed by atoms with E-state index in [2.05, 4.69) is 4.98 Å². The Kier molecular flexibility index (Phi) is 1.85. The number of rotatable bonds is 2. The van der Waals surface area contributed by atoms with Crippen molar-refractivity contribution in [3.05, 3.63) is 29.1 Å². The molecule has 12 heavy (non-hydrogen) atoms. The summed E-state index contributed by atoms with van der Waals surface area (Å²) in [4.78, 5) is 4.31. The highest BCUT2D eigenvalue weighted by Crippen LogP contribution is 2.40. The van der Waals surface area contributed by atoms with Crippen molar-refractivity contribution in [3.8, 4) is 0 Å². The van der Waals surface area contributed by atoms with Crippen LogP contribution in [0.5, 0.6) is 0 Å². The van der Waals surface area contributed by atoms with E-state index in [0.717, 1.165) is 16.8 Å². The molecule has 1 aliphatic carbocycles. The predicted octanol–water partition coefficient (Wildman–Crippen LogP) is 1.76. The maximum absolute atomic E-state index is 9.14. The van der Waals surface area contributed by atoms with Gasteiger partial charge in [-0.3, -0.25) is 4.98 Å². The molecular weight excluding hydrogens is 150 g/mol. The lowest BCUT2D eigenvalue weighted by Gasteiger charge is -2.07. The molecule has 1 aromatic rings. The summed E-state index contributed by atoms with van der Waals surface area (Å²) >= 11 is 0. The van der Waals surface area contributed by atoms with Gasteiger partial charge in [-0.1, -0.05) is 0 Å². The Hall–Kier alpha value is -0.890. The number of aromatic nitrogens is 1. The lowest BCUT2D eigenvalue weighted by Crippen LogP contribution is -1.98. The van der Waals surface area contributed by atoms with E-state index in [1.54, 1.807) is 0 Å². The van der Waals surface area contributed by atoms with E-state index in [1.807, 2.05) is 19.2 Å². The van der Waals surface area contributed by atoms with Gasteiger partial charge in [0.25, 0.3) is 0 Å². The minimum atomic E-state index is 0.130. The van der Waals surface area contributed by atoms with Gasteiger partial charge >= 0.3 is 0 Å². The number of nitrogens with zero attached hydrogens (tertiary/aromatic N) is 1. The second-order valence-corrected chi connectivity index (χ2v) is 3.42. The summed E-state index contributed by atoms with van der Waals surface area (Å²) in [5, 5.41) is 9.14. The molecule has 64 valence electrons. The highest BCUT2D eigenvalue weighted by molar-refractivity contribution is 5.32. The average Bonchev–Trinajstić information content (AvgIpc) is 2.86. The Morgan fingerprint density at radius 1 is 1.58 bits per heavy atom. The normalized spacial score (nSPS) is 16.5. The Bertz CT molecular complexity index is 292. The Labute approximate surface area is 72.3 Å². The Morgan fingerprint density at radius 3 is 2.92 bits per heavy atom. The summed E-state index contributed by atoms with van der Waals surface area (Å²) in [6.07, 6.45) is 4.31. The molecule has 2 rings (SSSR count). The molecule has 1 saturated carbocycles. The fraction of sp³-hybridized carbons (Fsp3) is 0.500. The van der Waals surface area contributed by atoms with Gasteiger partial charge in [0.2, 0.25) is 0 Å². The lowest BCUT2D eigenvalue weighted by molar-refractivity contribution is 0.279. The van der Waals surface area contributed by atoms with Gasteiger partial charge in [0.15, 0.2) is 0 Å². The molecule has 1 heterocycles.